The molecule has 0 atom stereocenters. The molecule has 10 heteroatoms. The number of esters is 3. The zero-order valence-electron chi connectivity index (χ0n) is 18.1. The Morgan fingerprint density at radius 1 is 1.06 bits per heavy atom. The monoisotopic (exact) mass is 442 g/mol. The van der Waals surface area contributed by atoms with Gasteiger partial charge in [-0.1, -0.05) is 18.7 Å². The van der Waals surface area contributed by atoms with E-state index in [1.807, 2.05) is 0 Å². The Labute approximate surface area is 184 Å². The highest BCUT2D eigenvalue weighted by Crippen LogP contribution is 2.12. The Hall–Kier alpha value is -3.99. The number of aryl methyl sites for hydroxylation is 1. The molecule has 32 heavy (non-hydrogen) atoms. The van der Waals surface area contributed by atoms with E-state index in [-0.39, 0.29) is 52.3 Å². The van der Waals surface area contributed by atoms with E-state index in [0.29, 0.717) is 5.56 Å². The van der Waals surface area contributed by atoms with Crippen molar-refractivity contribution in [2.45, 2.75) is 12.8 Å². The summed E-state index contributed by atoms with van der Waals surface area (Å²) < 4.78 is 14.1. The number of benzene rings is 1. The van der Waals surface area contributed by atoms with Crippen molar-refractivity contribution in [3.63, 3.8) is 0 Å². The molecule has 0 fully saturated rings. The number of nitriles is 1. The molecule has 1 aromatic rings. The summed E-state index contributed by atoms with van der Waals surface area (Å²) >= 11 is 0. The van der Waals surface area contributed by atoms with E-state index in [9.17, 15) is 19.6 Å². The molecule has 0 amide bonds. The maximum Gasteiger partial charge on any atom is 0.349 e. The van der Waals surface area contributed by atoms with Crippen LogP contribution in [-0.2, 0) is 44.8 Å². The number of hydrogen-bond donors (Lipinski definition) is 0. The summed E-state index contributed by atoms with van der Waals surface area (Å²) in [6, 6.07) is 4.64. The summed E-state index contributed by atoms with van der Waals surface area (Å²) in [4.78, 5) is 48.9. The number of carbonyl (C=O) groups is 3. The minimum absolute atomic E-state index is 0.0478. The van der Waals surface area contributed by atoms with Gasteiger partial charge in [0.25, 0.3) is 5.70 Å². The lowest BCUT2D eigenvalue weighted by Gasteiger charge is -2.12. The van der Waals surface area contributed by atoms with Crippen molar-refractivity contribution >= 4 is 34.8 Å². The molecule has 1 aromatic carbocycles. The largest absolute Gasteiger partial charge is 0.474 e. The van der Waals surface area contributed by atoms with E-state index in [4.69, 9.17) is 20.9 Å². The lowest BCUT2D eigenvalue weighted by molar-refractivity contribution is -0.261. The molecular formula is C22H22N2O8. The zero-order valence-corrected chi connectivity index (χ0v) is 18.1. The molecule has 0 aliphatic carbocycles. The van der Waals surface area contributed by atoms with Gasteiger partial charge < -0.3 is 14.2 Å². The van der Waals surface area contributed by atoms with Crippen molar-refractivity contribution in [3.8, 4) is 6.07 Å². The fourth-order valence-corrected chi connectivity index (χ4v) is 2.75. The molecule has 0 radical (unpaired) electrons. The van der Waals surface area contributed by atoms with E-state index >= 15 is 0 Å². The van der Waals surface area contributed by atoms with Crippen LogP contribution in [0.4, 0.5) is 0 Å². The van der Waals surface area contributed by atoms with Gasteiger partial charge >= 0.3 is 17.9 Å². The van der Waals surface area contributed by atoms with Crippen molar-refractivity contribution in [1.82, 2.24) is 0 Å². The normalized spacial score (nSPS) is 11.9. The lowest BCUT2D eigenvalue weighted by atomic mass is 9.95. The second kappa shape index (κ2) is 12.6. The molecule has 0 bridgehead atoms. The van der Waals surface area contributed by atoms with Crippen molar-refractivity contribution in [2.24, 2.45) is 0 Å². The maximum absolute atomic E-state index is 12.2. The number of hydrogen-bond acceptors (Lipinski definition) is 9. The summed E-state index contributed by atoms with van der Waals surface area (Å²) in [6.07, 6.45) is -0.0329. The second-order valence-corrected chi connectivity index (χ2v) is 6.09. The van der Waals surface area contributed by atoms with Crippen molar-refractivity contribution in [2.75, 3.05) is 35.0 Å². The zero-order chi connectivity index (χ0) is 24.3. The molecule has 0 aliphatic rings. The predicted octanol–water partition coefficient (Wildman–Crippen LogP) is 0.431. The van der Waals surface area contributed by atoms with E-state index in [2.05, 4.69) is 21.0 Å². The smallest absolute Gasteiger partial charge is 0.349 e. The number of rotatable bonds is 9. The fourth-order valence-electron chi connectivity index (χ4n) is 2.75. The molecular weight excluding hydrogens is 420 g/mol. The third-order valence-electron chi connectivity index (χ3n) is 4.32. The lowest BCUT2D eigenvalue weighted by Crippen LogP contribution is -2.27. The van der Waals surface area contributed by atoms with Gasteiger partial charge in [-0.3, -0.25) is 9.59 Å². The van der Waals surface area contributed by atoms with Crippen molar-refractivity contribution in [1.29, 1.82) is 5.26 Å². The molecule has 168 valence electrons. The van der Waals surface area contributed by atoms with Crippen LogP contribution in [0.2, 0.25) is 0 Å². The standard InChI is InChI=1S/C22H22N2O8/c1-13(12-32-31-6)15-10-16(20(24-2)22(27)30-5)14(7-8-19(25)28-3)9-17(15)18(11-23)21(26)29-4/h9-10H,1,7-8,12H2,3-6H3. The predicted molar refractivity (Wildman–Crippen MR) is 111 cm³/mol. The molecule has 0 spiro atoms. The summed E-state index contributed by atoms with van der Waals surface area (Å²) in [5, 5.41) is 9.86. The van der Waals surface area contributed by atoms with Gasteiger partial charge in [0.1, 0.15) is 18.2 Å². The highest BCUT2D eigenvalue weighted by Gasteiger charge is 2.19. The highest BCUT2D eigenvalue weighted by atomic mass is 17.2. The van der Waals surface area contributed by atoms with Crippen LogP contribution in [-0.4, -0.2) is 53.0 Å². The molecule has 0 saturated heterocycles. The van der Waals surface area contributed by atoms with Crippen LogP contribution in [0.1, 0.15) is 17.5 Å². The third-order valence-corrected chi connectivity index (χ3v) is 4.32. The van der Waals surface area contributed by atoms with E-state index in [0.717, 1.165) is 14.2 Å². The first-order chi connectivity index (χ1) is 15.3. The van der Waals surface area contributed by atoms with Crippen LogP contribution in [0, 0.1) is 17.9 Å². The van der Waals surface area contributed by atoms with Gasteiger partial charge in [-0.05, 0) is 28.3 Å². The molecule has 0 aliphatic heterocycles. The Morgan fingerprint density at radius 2 is 1.72 bits per heavy atom. The topological polar surface area (TPSA) is 126 Å². The fraction of sp³-hybridized carbons (Fsp3) is 0.318. The number of carbonyl (C=O) groups excluding carboxylic acids is 3. The van der Waals surface area contributed by atoms with E-state index in [1.54, 1.807) is 6.07 Å². The number of ether oxygens (including phenoxy) is 3. The SMILES string of the molecule is [C-]#[N+]C(C(=O)OC)=c1cc(C(=C)COOC)c(=C(C#N)C(=O)OC)cc1CCC(=O)OC. The van der Waals surface area contributed by atoms with Crippen LogP contribution in [0.15, 0.2) is 18.7 Å². The minimum Gasteiger partial charge on any atom is -0.474 e. The highest BCUT2D eigenvalue weighted by molar-refractivity contribution is 6.16. The molecule has 0 aromatic heterocycles. The second-order valence-electron chi connectivity index (χ2n) is 6.09. The number of methoxy groups -OCH3 is 3. The first kappa shape index (κ1) is 26.0. The Balaban J connectivity index is 4.15. The Kier molecular flexibility index (Phi) is 10.3. The Bertz CT molecular complexity index is 1120. The van der Waals surface area contributed by atoms with Gasteiger partial charge in [0.05, 0.1) is 35.0 Å². The van der Waals surface area contributed by atoms with E-state index < -0.39 is 17.9 Å². The van der Waals surface area contributed by atoms with E-state index in [1.165, 1.54) is 26.4 Å². The van der Waals surface area contributed by atoms with Gasteiger partial charge in [0, 0.05) is 11.6 Å². The quantitative estimate of drug-likeness (QED) is 0.176. The van der Waals surface area contributed by atoms with Crippen molar-refractivity contribution < 1.29 is 38.4 Å². The summed E-state index contributed by atoms with van der Waals surface area (Å²) in [5.74, 6) is -2.32. The van der Waals surface area contributed by atoms with Crippen molar-refractivity contribution in [3.05, 3.63) is 51.7 Å². The molecule has 0 heterocycles. The maximum atomic E-state index is 12.2. The third kappa shape index (κ3) is 6.25. The van der Waals surface area contributed by atoms with Gasteiger partial charge in [-0.2, -0.15) is 5.26 Å². The minimum atomic E-state index is -0.900. The molecule has 0 saturated carbocycles. The first-order valence-corrected chi connectivity index (χ1v) is 9.05. The Morgan fingerprint density at radius 3 is 2.22 bits per heavy atom. The van der Waals surface area contributed by atoms with Gasteiger partial charge in [-0.15, -0.1) is 0 Å². The average Bonchev–Trinajstić information content (AvgIpc) is 2.81. The van der Waals surface area contributed by atoms with Crippen LogP contribution in [0.5, 0.6) is 0 Å². The van der Waals surface area contributed by atoms with Crippen LogP contribution < -0.4 is 10.4 Å². The van der Waals surface area contributed by atoms with Crippen LogP contribution in [0.25, 0.3) is 21.7 Å². The van der Waals surface area contributed by atoms with Gasteiger partial charge in [0.15, 0.2) is 0 Å². The van der Waals surface area contributed by atoms with Gasteiger partial charge in [0.2, 0.25) is 0 Å². The van der Waals surface area contributed by atoms with Gasteiger partial charge in [-0.25, -0.2) is 19.4 Å². The first-order valence-electron chi connectivity index (χ1n) is 9.05. The average molecular weight is 442 g/mol. The molecule has 0 unspecified atom stereocenters. The molecule has 10 nitrogen and oxygen atoms in total. The summed E-state index contributed by atoms with van der Waals surface area (Å²) in [6.45, 7) is 11.2. The molecule has 0 N–H and O–H groups in total. The van der Waals surface area contributed by atoms with Crippen LogP contribution in [0.3, 0.4) is 0 Å². The number of nitrogens with zero attached hydrogens (tertiary/aromatic N) is 2. The molecule has 1 rings (SSSR count). The van der Waals surface area contributed by atoms with Crippen LogP contribution >= 0.6 is 0 Å². The summed E-state index contributed by atoms with van der Waals surface area (Å²) in [7, 11) is 4.76. The summed E-state index contributed by atoms with van der Waals surface area (Å²) in [5.41, 5.74) is 0.175.